The first kappa shape index (κ1) is 18.4. The van der Waals surface area contributed by atoms with E-state index in [1.54, 1.807) is 24.3 Å². The van der Waals surface area contributed by atoms with Gasteiger partial charge in [-0.05, 0) is 36.8 Å². The van der Waals surface area contributed by atoms with Crippen LogP contribution >= 0.6 is 0 Å². The van der Waals surface area contributed by atoms with Crippen LogP contribution in [0.1, 0.15) is 40.5 Å². The Morgan fingerprint density at radius 2 is 1.88 bits per heavy atom. The second kappa shape index (κ2) is 8.82. The Morgan fingerprint density at radius 1 is 1.12 bits per heavy atom. The van der Waals surface area contributed by atoms with E-state index in [0.717, 1.165) is 18.9 Å². The predicted octanol–water partition coefficient (Wildman–Crippen LogP) is 3.62. The number of anilines is 1. The standard InChI is InChI=1S/C19H21FN2O3/c1-3-4-11-21-19(24)14-7-5-6-8-16(14)22-18(23)13-9-10-17(25-2)15(20)12-13/h5-10,12H,3-4,11H2,1-2H3,(H,21,24)(H,22,23). The molecule has 5 nitrogen and oxygen atoms in total. The number of para-hydroxylation sites is 1. The number of ether oxygens (including phenoxy) is 1. The van der Waals surface area contributed by atoms with Crippen molar-refractivity contribution < 1.29 is 18.7 Å². The van der Waals surface area contributed by atoms with Gasteiger partial charge >= 0.3 is 0 Å². The molecule has 0 radical (unpaired) electrons. The first-order chi connectivity index (χ1) is 12.1. The Hall–Kier alpha value is -2.89. The van der Waals surface area contributed by atoms with Crippen molar-refractivity contribution in [2.45, 2.75) is 19.8 Å². The molecule has 0 aliphatic rings. The minimum Gasteiger partial charge on any atom is -0.494 e. The second-order valence-electron chi connectivity index (χ2n) is 5.46. The van der Waals surface area contributed by atoms with E-state index in [-0.39, 0.29) is 17.2 Å². The van der Waals surface area contributed by atoms with Gasteiger partial charge in [-0.15, -0.1) is 0 Å². The summed E-state index contributed by atoms with van der Waals surface area (Å²) in [6.07, 6.45) is 1.85. The Bertz CT molecular complexity index is 762. The maximum absolute atomic E-state index is 13.8. The lowest BCUT2D eigenvalue weighted by Gasteiger charge is -2.12. The molecule has 2 rings (SSSR count). The summed E-state index contributed by atoms with van der Waals surface area (Å²) in [6, 6.07) is 10.6. The third kappa shape index (κ3) is 4.79. The van der Waals surface area contributed by atoms with Crippen LogP contribution < -0.4 is 15.4 Å². The van der Waals surface area contributed by atoms with Crippen LogP contribution in [0.25, 0.3) is 0 Å². The van der Waals surface area contributed by atoms with Gasteiger partial charge in [-0.25, -0.2) is 4.39 Å². The van der Waals surface area contributed by atoms with Crippen molar-refractivity contribution in [1.82, 2.24) is 5.32 Å². The Morgan fingerprint density at radius 3 is 2.56 bits per heavy atom. The summed E-state index contributed by atoms with van der Waals surface area (Å²) in [5, 5.41) is 5.47. The highest BCUT2D eigenvalue weighted by atomic mass is 19.1. The number of nitrogens with one attached hydrogen (secondary N) is 2. The summed E-state index contributed by atoms with van der Waals surface area (Å²) in [5.74, 6) is -1.33. The molecule has 0 saturated heterocycles. The van der Waals surface area contributed by atoms with Crippen molar-refractivity contribution >= 4 is 17.5 Å². The van der Waals surface area contributed by atoms with Crippen LogP contribution in [-0.2, 0) is 0 Å². The highest BCUT2D eigenvalue weighted by Crippen LogP contribution is 2.20. The van der Waals surface area contributed by atoms with Gasteiger partial charge in [-0.3, -0.25) is 9.59 Å². The van der Waals surface area contributed by atoms with Crippen molar-refractivity contribution in [3.8, 4) is 5.75 Å². The van der Waals surface area contributed by atoms with E-state index in [2.05, 4.69) is 10.6 Å². The molecular formula is C19H21FN2O3. The van der Waals surface area contributed by atoms with Crippen LogP contribution in [0.2, 0.25) is 0 Å². The summed E-state index contributed by atoms with van der Waals surface area (Å²) in [4.78, 5) is 24.6. The highest BCUT2D eigenvalue weighted by Gasteiger charge is 2.15. The lowest BCUT2D eigenvalue weighted by molar-refractivity contribution is 0.0954. The number of rotatable bonds is 7. The van der Waals surface area contributed by atoms with Gasteiger partial charge < -0.3 is 15.4 Å². The van der Waals surface area contributed by atoms with Gasteiger partial charge in [0.15, 0.2) is 11.6 Å². The Kier molecular flexibility index (Phi) is 6.51. The molecule has 0 atom stereocenters. The molecule has 0 fully saturated rings. The van der Waals surface area contributed by atoms with E-state index in [1.807, 2.05) is 6.92 Å². The van der Waals surface area contributed by atoms with Crippen molar-refractivity contribution in [1.29, 1.82) is 0 Å². The van der Waals surface area contributed by atoms with E-state index in [0.29, 0.717) is 17.8 Å². The smallest absolute Gasteiger partial charge is 0.255 e. The quantitative estimate of drug-likeness (QED) is 0.754. The van der Waals surface area contributed by atoms with Gasteiger partial charge in [0.05, 0.1) is 18.4 Å². The van der Waals surface area contributed by atoms with E-state index >= 15 is 0 Å². The lowest BCUT2D eigenvalue weighted by atomic mass is 10.1. The Balaban J connectivity index is 2.15. The first-order valence-electron chi connectivity index (χ1n) is 8.09. The van der Waals surface area contributed by atoms with Crippen molar-refractivity contribution in [3.63, 3.8) is 0 Å². The minimum atomic E-state index is -0.624. The molecule has 2 amide bonds. The summed E-state index contributed by atoms with van der Waals surface area (Å²) in [7, 11) is 1.35. The normalized spacial score (nSPS) is 10.2. The highest BCUT2D eigenvalue weighted by molar-refractivity contribution is 6.09. The summed E-state index contributed by atoms with van der Waals surface area (Å²) >= 11 is 0. The van der Waals surface area contributed by atoms with Gasteiger partial charge in [0.2, 0.25) is 0 Å². The fraction of sp³-hybridized carbons (Fsp3) is 0.263. The molecule has 0 aliphatic heterocycles. The number of benzene rings is 2. The van der Waals surface area contributed by atoms with Crippen molar-refractivity contribution in [2.24, 2.45) is 0 Å². The van der Waals surface area contributed by atoms with E-state index in [9.17, 15) is 14.0 Å². The first-order valence-corrected chi connectivity index (χ1v) is 8.09. The summed E-state index contributed by atoms with van der Waals surface area (Å²) < 4.78 is 18.6. The van der Waals surface area contributed by atoms with Crippen LogP contribution in [0.5, 0.6) is 5.75 Å². The zero-order valence-corrected chi connectivity index (χ0v) is 14.3. The predicted molar refractivity (Wildman–Crippen MR) is 94.6 cm³/mol. The summed E-state index contributed by atoms with van der Waals surface area (Å²) in [6.45, 7) is 2.61. The number of halogens is 1. The third-order valence-electron chi connectivity index (χ3n) is 3.65. The number of hydrogen-bond donors (Lipinski definition) is 2. The molecule has 0 heterocycles. The van der Waals surface area contributed by atoms with Crippen LogP contribution in [0.3, 0.4) is 0 Å². The van der Waals surface area contributed by atoms with E-state index in [4.69, 9.17) is 4.74 Å². The second-order valence-corrected chi connectivity index (χ2v) is 5.46. The number of amides is 2. The molecule has 0 saturated carbocycles. The molecule has 2 N–H and O–H groups in total. The fourth-order valence-corrected chi connectivity index (χ4v) is 2.27. The number of carbonyl (C=O) groups is 2. The fourth-order valence-electron chi connectivity index (χ4n) is 2.27. The van der Waals surface area contributed by atoms with Gasteiger partial charge in [0.25, 0.3) is 11.8 Å². The molecule has 2 aromatic carbocycles. The number of carbonyl (C=O) groups excluding carboxylic acids is 2. The zero-order chi connectivity index (χ0) is 18.2. The van der Waals surface area contributed by atoms with Gasteiger partial charge in [0.1, 0.15) is 0 Å². The van der Waals surface area contributed by atoms with Gasteiger partial charge in [0, 0.05) is 12.1 Å². The molecule has 0 bridgehead atoms. The van der Waals surface area contributed by atoms with Crippen LogP contribution in [-0.4, -0.2) is 25.5 Å². The maximum atomic E-state index is 13.8. The minimum absolute atomic E-state index is 0.0623. The van der Waals surface area contributed by atoms with Crippen LogP contribution in [0.15, 0.2) is 42.5 Å². The third-order valence-corrected chi connectivity index (χ3v) is 3.65. The molecule has 25 heavy (non-hydrogen) atoms. The number of hydrogen-bond acceptors (Lipinski definition) is 3. The zero-order valence-electron chi connectivity index (χ0n) is 14.3. The lowest BCUT2D eigenvalue weighted by Crippen LogP contribution is -2.26. The van der Waals surface area contributed by atoms with Crippen molar-refractivity contribution in [2.75, 3.05) is 19.0 Å². The largest absolute Gasteiger partial charge is 0.494 e. The summed E-state index contributed by atoms with van der Waals surface area (Å²) in [5.41, 5.74) is 0.873. The van der Waals surface area contributed by atoms with Gasteiger partial charge in [-0.1, -0.05) is 25.5 Å². The van der Waals surface area contributed by atoms with Crippen molar-refractivity contribution in [3.05, 3.63) is 59.4 Å². The topological polar surface area (TPSA) is 67.4 Å². The molecule has 0 aromatic heterocycles. The average Bonchev–Trinajstić information content (AvgIpc) is 2.62. The van der Waals surface area contributed by atoms with Crippen LogP contribution in [0, 0.1) is 5.82 Å². The molecule has 0 aliphatic carbocycles. The molecular weight excluding hydrogens is 323 g/mol. The monoisotopic (exact) mass is 344 g/mol. The molecule has 2 aromatic rings. The van der Waals surface area contributed by atoms with E-state index in [1.165, 1.54) is 19.2 Å². The van der Waals surface area contributed by atoms with Crippen LogP contribution in [0.4, 0.5) is 10.1 Å². The molecule has 6 heteroatoms. The molecule has 0 spiro atoms. The maximum Gasteiger partial charge on any atom is 0.255 e. The number of methoxy groups -OCH3 is 1. The SMILES string of the molecule is CCCCNC(=O)c1ccccc1NC(=O)c1ccc(OC)c(F)c1. The molecule has 0 unspecified atom stereocenters. The van der Waals surface area contributed by atoms with E-state index < -0.39 is 11.7 Å². The van der Waals surface area contributed by atoms with Gasteiger partial charge in [-0.2, -0.15) is 0 Å². The number of unbranched alkanes of at least 4 members (excludes halogenated alkanes) is 1. The average molecular weight is 344 g/mol. The molecule has 132 valence electrons. The Labute approximate surface area is 146 Å².